The molecule has 0 spiro atoms. The molecule has 0 radical (unpaired) electrons. The first-order valence-corrected chi connectivity index (χ1v) is 7.98. The van der Waals surface area contributed by atoms with Gasteiger partial charge in [-0.2, -0.15) is 0 Å². The third-order valence-electron chi connectivity index (χ3n) is 3.26. The van der Waals surface area contributed by atoms with Crippen molar-refractivity contribution in [1.82, 2.24) is 4.98 Å². The minimum absolute atomic E-state index is 0.134. The molecule has 0 aliphatic carbocycles. The second kappa shape index (κ2) is 5.66. The Morgan fingerprint density at radius 2 is 1.86 bits per heavy atom. The van der Waals surface area contributed by atoms with Gasteiger partial charge in [0.2, 0.25) is 0 Å². The molecule has 0 aliphatic heterocycles. The zero-order valence-corrected chi connectivity index (χ0v) is 14.4. The van der Waals surface area contributed by atoms with Gasteiger partial charge in [-0.25, -0.2) is 0 Å². The number of rotatable bonds is 2. The molecule has 0 aliphatic rings. The van der Waals surface area contributed by atoms with Gasteiger partial charge in [0.05, 0.1) is 5.69 Å². The van der Waals surface area contributed by atoms with E-state index in [4.69, 9.17) is 0 Å². The van der Waals surface area contributed by atoms with Crippen molar-refractivity contribution in [3.8, 4) is 0 Å². The lowest BCUT2D eigenvalue weighted by atomic mass is 10.1. The van der Waals surface area contributed by atoms with E-state index < -0.39 is 0 Å². The number of benzene rings is 2. The summed E-state index contributed by atoms with van der Waals surface area (Å²) in [6.07, 6.45) is 1.83. The lowest BCUT2D eigenvalue weighted by Crippen LogP contribution is -2.13. The van der Waals surface area contributed by atoms with E-state index in [9.17, 15) is 4.79 Å². The van der Waals surface area contributed by atoms with E-state index in [2.05, 4.69) is 42.2 Å². The minimum Gasteiger partial charge on any atom is -0.361 e. The number of aromatic nitrogens is 1. The van der Waals surface area contributed by atoms with E-state index in [1.807, 2.05) is 49.5 Å². The molecule has 1 amide bonds. The van der Waals surface area contributed by atoms with Crippen LogP contribution >= 0.6 is 31.9 Å². The van der Waals surface area contributed by atoms with E-state index in [1.165, 1.54) is 0 Å². The van der Waals surface area contributed by atoms with Gasteiger partial charge in [0.25, 0.3) is 5.91 Å². The summed E-state index contributed by atoms with van der Waals surface area (Å²) in [4.78, 5) is 15.7. The average Bonchev–Trinajstić information content (AvgIpc) is 2.90. The Bertz CT molecular complexity index is 816. The zero-order valence-electron chi connectivity index (χ0n) is 11.2. The minimum atomic E-state index is -0.134. The number of carbonyl (C=O) groups excluding carboxylic acids is 1. The summed E-state index contributed by atoms with van der Waals surface area (Å²) in [5, 5.41) is 3.87. The van der Waals surface area contributed by atoms with Gasteiger partial charge >= 0.3 is 0 Å². The van der Waals surface area contributed by atoms with Gasteiger partial charge in [0.1, 0.15) is 0 Å². The lowest BCUT2D eigenvalue weighted by Gasteiger charge is -2.11. The molecule has 0 bridgehead atoms. The van der Waals surface area contributed by atoms with Crippen LogP contribution in [0.2, 0.25) is 0 Å². The Hall–Kier alpha value is -1.59. The van der Waals surface area contributed by atoms with E-state index in [-0.39, 0.29) is 5.91 Å². The SMILES string of the molecule is Cc1cc(Br)c(NC(=O)c2cccc3[nH]ccc23)c(Br)c1. The number of hydrogen-bond acceptors (Lipinski definition) is 1. The number of fused-ring (bicyclic) bond motifs is 1. The molecule has 5 heteroatoms. The Kier molecular flexibility index (Phi) is 3.87. The Labute approximate surface area is 139 Å². The third kappa shape index (κ3) is 2.76. The number of nitrogens with one attached hydrogen (secondary N) is 2. The highest BCUT2D eigenvalue weighted by atomic mass is 79.9. The maximum Gasteiger partial charge on any atom is 0.256 e. The predicted molar refractivity (Wildman–Crippen MR) is 92.8 cm³/mol. The first-order valence-electron chi connectivity index (χ1n) is 6.39. The number of H-pyrrole nitrogens is 1. The zero-order chi connectivity index (χ0) is 15.0. The van der Waals surface area contributed by atoms with Crippen LogP contribution in [0.5, 0.6) is 0 Å². The van der Waals surface area contributed by atoms with Gasteiger partial charge in [-0.1, -0.05) is 6.07 Å². The maximum absolute atomic E-state index is 12.5. The number of amides is 1. The summed E-state index contributed by atoms with van der Waals surface area (Å²) in [6, 6.07) is 11.5. The molecule has 1 heterocycles. The highest BCUT2D eigenvalue weighted by molar-refractivity contribution is 9.11. The largest absolute Gasteiger partial charge is 0.361 e. The summed E-state index contributed by atoms with van der Waals surface area (Å²) >= 11 is 6.98. The van der Waals surface area contributed by atoms with Gasteiger partial charge in [-0.3, -0.25) is 4.79 Å². The molecular formula is C16H12Br2N2O. The van der Waals surface area contributed by atoms with Crippen molar-refractivity contribution in [3.63, 3.8) is 0 Å². The third-order valence-corrected chi connectivity index (χ3v) is 4.52. The Morgan fingerprint density at radius 1 is 1.14 bits per heavy atom. The van der Waals surface area contributed by atoms with E-state index in [0.717, 1.165) is 31.1 Å². The standard InChI is InChI=1S/C16H12Br2N2O/c1-9-7-12(17)15(13(18)8-9)20-16(21)11-3-2-4-14-10(11)5-6-19-14/h2-8,19H,1H3,(H,20,21). The molecule has 0 atom stereocenters. The van der Waals surface area contributed by atoms with E-state index in [1.54, 1.807) is 0 Å². The van der Waals surface area contributed by atoms with Crippen LogP contribution in [0.1, 0.15) is 15.9 Å². The highest BCUT2D eigenvalue weighted by Gasteiger charge is 2.14. The number of anilines is 1. The topological polar surface area (TPSA) is 44.9 Å². The summed E-state index contributed by atoms with van der Waals surface area (Å²) in [6.45, 7) is 2.00. The van der Waals surface area contributed by atoms with E-state index in [0.29, 0.717) is 5.56 Å². The van der Waals surface area contributed by atoms with Gasteiger partial charge in [0.15, 0.2) is 0 Å². The smallest absolute Gasteiger partial charge is 0.256 e. The molecule has 2 N–H and O–H groups in total. The fourth-order valence-corrected chi connectivity index (χ4v) is 3.90. The molecule has 3 nitrogen and oxygen atoms in total. The second-order valence-corrected chi connectivity index (χ2v) is 6.51. The van der Waals surface area contributed by atoms with Crippen LogP contribution in [-0.4, -0.2) is 10.9 Å². The molecule has 106 valence electrons. The molecule has 0 unspecified atom stereocenters. The van der Waals surface area contributed by atoms with Gasteiger partial charge in [-0.05, 0) is 74.7 Å². The van der Waals surface area contributed by atoms with Crippen LogP contribution in [0.25, 0.3) is 10.9 Å². The van der Waals surface area contributed by atoms with Crippen LogP contribution in [0.15, 0.2) is 51.5 Å². The second-order valence-electron chi connectivity index (χ2n) is 4.80. The van der Waals surface area contributed by atoms with Crippen LogP contribution in [0, 0.1) is 6.92 Å². The number of carbonyl (C=O) groups is 1. The Balaban J connectivity index is 1.99. The van der Waals surface area contributed by atoms with Crippen LogP contribution in [0.3, 0.4) is 0 Å². The fourth-order valence-electron chi connectivity index (χ4n) is 2.28. The molecule has 3 rings (SSSR count). The van der Waals surface area contributed by atoms with Gasteiger partial charge in [0, 0.05) is 31.6 Å². The molecule has 0 saturated heterocycles. The summed E-state index contributed by atoms with van der Waals surface area (Å²) in [7, 11) is 0. The first kappa shape index (κ1) is 14.4. The Morgan fingerprint density at radius 3 is 2.57 bits per heavy atom. The number of halogens is 2. The van der Waals surface area contributed by atoms with Crippen molar-refractivity contribution < 1.29 is 4.79 Å². The highest BCUT2D eigenvalue weighted by Crippen LogP contribution is 2.33. The quantitative estimate of drug-likeness (QED) is 0.598. The van der Waals surface area contributed by atoms with Crippen LogP contribution < -0.4 is 5.32 Å². The van der Waals surface area contributed by atoms with Crippen molar-refractivity contribution in [2.45, 2.75) is 6.92 Å². The predicted octanol–water partition coefficient (Wildman–Crippen LogP) is 5.25. The number of hydrogen-bond donors (Lipinski definition) is 2. The first-order chi connectivity index (χ1) is 10.1. The molecule has 3 aromatic rings. The molecule has 1 aromatic heterocycles. The molecule has 21 heavy (non-hydrogen) atoms. The summed E-state index contributed by atoms with van der Waals surface area (Å²) in [5.41, 5.74) is 3.44. The molecule has 2 aromatic carbocycles. The average molecular weight is 408 g/mol. The molecule has 0 fully saturated rings. The van der Waals surface area contributed by atoms with Crippen molar-refractivity contribution in [2.24, 2.45) is 0 Å². The number of aryl methyl sites for hydroxylation is 1. The van der Waals surface area contributed by atoms with Gasteiger partial charge < -0.3 is 10.3 Å². The summed E-state index contributed by atoms with van der Waals surface area (Å²) < 4.78 is 1.70. The van der Waals surface area contributed by atoms with Crippen molar-refractivity contribution in [1.29, 1.82) is 0 Å². The van der Waals surface area contributed by atoms with Crippen molar-refractivity contribution >= 4 is 54.4 Å². The molecular weight excluding hydrogens is 396 g/mol. The maximum atomic E-state index is 12.5. The molecule has 0 saturated carbocycles. The van der Waals surface area contributed by atoms with Crippen molar-refractivity contribution in [2.75, 3.05) is 5.32 Å². The van der Waals surface area contributed by atoms with Crippen LogP contribution in [0.4, 0.5) is 5.69 Å². The monoisotopic (exact) mass is 406 g/mol. The van der Waals surface area contributed by atoms with Crippen molar-refractivity contribution in [3.05, 3.63) is 62.7 Å². The lowest BCUT2D eigenvalue weighted by molar-refractivity contribution is 0.102. The number of aromatic amines is 1. The van der Waals surface area contributed by atoms with Crippen LogP contribution in [-0.2, 0) is 0 Å². The normalized spacial score (nSPS) is 10.8. The fraction of sp³-hybridized carbons (Fsp3) is 0.0625. The van der Waals surface area contributed by atoms with E-state index >= 15 is 0 Å². The summed E-state index contributed by atoms with van der Waals surface area (Å²) in [5.74, 6) is -0.134. The van der Waals surface area contributed by atoms with Gasteiger partial charge in [-0.15, -0.1) is 0 Å².